The molecule has 10 heteroatoms. The van der Waals surface area contributed by atoms with Crippen molar-refractivity contribution in [2.24, 2.45) is 0 Å². The second-order valence-corrected chi connectivity index (χ2v) is 7.72. The van der Waals surface area contributed by atoms with Gasteiger partial charge >= 0.3 is 0 Å². The summed E-state index contributed by atoms with van der Waals surface area (Å²) in [5, 5.41) is 0.0514. The molecular formula is C14H14ClF2N3O3S. The first kappa shape index (κ1) is 17.0. The summed E-state index contributed by atoms with van der Waals surface area (Å²) in [6.07, 6.45) is 2.47. The van der Waals surface area contributed by atoms with Crippen molar-refractivity contribution < 1.29 is 17.2 Å². The van der Waals surface area contributed by atoms with Crippen LogP contribution in [-0.4, -0.2) is 24.0 Å². The molecule has 0 aliphatic carbocycles. The zero-order chi connectivity index (χ0) is 17.6. The molecule has 1 N–H and O–H groups in total. The molecule has 0 bridgehead atoms. The van der Waals surface area contributed by atoms with Crippen molar-refractivity contribution in [3.05, 3.63) is 39.3 Å². The number of hydrogen-bond donors (Lipinski definition) is 1. The van der Waals surface area contributed by atoms with Crippen molar-refractivity contribution in [1.29, 1.82) is 0 Å². The van der Waals surface area contributed by atoms with Crippen molar-refractivity contribution in [2.45, 2.75) is 25.9 Å². The fourth-order valence-corrected chi connectivity index (χ4v) is 3.69. The average molecular weight is 378 g/mol. The van der Waals surface area contributed by atoms with E-state index in [0.717, 1.165) is 25.2 Å². The van der Waals surface area contributed by atoms with E-state index in [9.17, 15) is 22.0 Å². The number of anilines is 1. The molecule has 0 spiro atoms. The second-order valence-electron chi connectivity index (χ2n) is 5.61. The maximum absolute atomic E-state index is 14.2. The van der Waals surface area contributed by atoms with Gasteiger partial charge in [-0.15, -0.1) is 0 Å². The number of benzene rings is 1. The van der Waals surface area contributed by atoms with E-state index in [4.69, 9.17) is 11.6 Å². The van der Waals surface area contributed by atoms with E-state index in [0.29, 0.717) is 19.2 Å². The van der Waals surface area contributed by atoms with E-state index in [-0.39, 0.29) is 16.3 Å². The minimum Gasteiger partial charge on any atom is -0.281 e. The summed E-state index contributed by atoms with van der Waals surface area (Å²) in [6.45, 7) is 0.973. The van der Waals surface area contributed by atoms with E-state index < -0.39 is 32.9 Å². The molecule has 1 aromatic carbocycles. The highest BCUT2D eigenvalue weighted by Gasteiger charge is 2.25. The van der Waals surface area contributed by atoms with Crippen LogP contribution >= 0.6 is 11.6 Å². The number of halogens is 3. The molecule has 2 aromatic rings. The number of nitrogens with zero attached hydrogens (tertiary/aromatic N) is 2. The third-order valence-electron chi connectivity index (χ3n) is 3.78. The molecule has 2 heterocycles. The summed E-state index contributed by atoms with van der Waals surface area (Å²) in [4.78, 5) is 12.5. The van der Waals surface area contributed by atoms with Crippen LogP contribution in [0.1, 0.15) is 12.8 Å². The van der Waals surface area contributed by atoms with Gasteiger partial charge in [0.2, 0.25) is 10.0 Å². The largest absolute Gasteiger partial charge is 0.281 e. The molecular weight excluding hydrogens is 364 g/mol. The normalized spacial score (nSPS) is 14.5. The van der Waals surface area contributed by atoms with Crippen molar-refractivity contribution in [2.75, 3.05) is 11.0 Å². The molecule has 0 atom stereocenters. The maximum atomic E-state index is 14.2. The smallest absolute Gasteiger partial charge is 0.276 e. The topological polar surface area (TPSA) is 73.1 Å². The van der Waals surface area contributed by atoms with Crippen molar-refractivity contribution >= 4 is 27.3 Å². The van der Waals surface area contributed by atoms with Crippen LogP contribution in [-0.2, 0) is 23.1 Å². The predicted molar refractivity (Wildman–Crippen MR) is 86.8 cm³/mol. The van der Waals surface area contributed by atoms with Gasteiger partial charge in [0.25, 0.3) is 5.56 Å². The van der Waals surface area contributed by atoms with Gasteiger partial charge in [0.1, 0.15) is 16.8 Å². The van der Waals surface area contributed by atoms with Crippen LogP contribution in [0.15, 0.2) is 16.9 Å². The molecule has 130 valence electrons. The number of fused-ring (bicyclic) bond motifs is 1. The van der Waals surface area contributed by atoms with E-state index in [1.807, 2.05) is 4.72 Å². The molecule has 3 rings (SSSR count). The van der Waals surface area contributed by atoms with Crippen molar-refractivity contribution in [1.82, 2.24) is 9.36 Å². The van der Waals surface area contributed by atoms with Crippen molar-refractivity contribution in [3.8, 4) is 11.1 Å². The van der Waals surface area contributed by atoms with E-state index >= 15 is 0 Å². The number of aromatic nitrogens is 2. The Morgan fingerprint density at radius 3 is 2.33 bits per heavy atom. The molecule has 24 heavy (non-hydrogen) atoms. The highest BCUT2D eigenvalue weighted by molar-refractivity contribution is 7.92. The van der Waals surface area contributed by atoms with Gasteiger partial charge in [-0.2, -0.15) is 0 Å². The highest BCUT2D eigenvalue weighted by atomic mass is 35.5. The Kier molecular flexibility index (Phi) is 4.16. The minimum absolute atomic E-state index is 0.0514. The predicted octanol–water partition coefficient (Wildman–Crippen LogP) is 2.41. The number of nitrogens with one attached hydrogen (secondary N) is 1. The van der Waals surface area contributed by atoms with Gasteiger partial charge in [0.15, 0.2) is 0 Å². The monoisotopic (exact) mass is 377 g/mol. The number of hydrogen-bond acceptors (Lipinski definition) is 3. The summed E-state index contributed by atoms with van der Waals surface area (Å²) in [6, 6.07) is 1.47. The lowest BCUT2D eigenvalue weighted by Gasteiger charge is -2.17. The molecule has 0 amide bonds. The Balaban J connectivity index is 2.22. The lowest BCUT2D eigenvalue weighted by atomic mass is 10.1. The zero-order valence-corrected chi connectivity index (χ0v) is 14.2. The summed E-state index contributed by atoms with van der Waals surface area (Å²) < 4.78 is 55.6. The second kappa shape index (κ2) is 5.89. The van der Waals surface area contributed by atoms with Gasteiger partial charge < -0.3 is 0 Å². The molecule has 0 saturated heterocycles. The minimum atomic E-state index is -3.77. The quantitative estimate of drug-likeness (QED) is 0.892. The molecule has 0 saturated carbocycles. The first-order chi connectivity index (χ1) is 11.2. The number of rotatable bonds is 3. The Morgan fingerprint density at radius 2 is 1.75 bits per heavy atom. The van der Waals surface area contributed by atoms with Crippen LogP contribution in [0.2, 0.25) is 5.15 Å². The van der Waals surface area contributed by atoms with Crippen LogP contribution in [0.3, 0.4) is 0 Å². The highest BCUT2D eigenvalue weighted by Crippen LogP contribution is 2.32. The Bertz CT molecular complexity index is 982. The molecule has 1 aromatic heterocycles. The van der Waals surface area contributed by atoms with Crippen LogP contribution in [0, 0.1) is 11.6 Å². The van der Waals surface area contributed by atoms with Gasteiger partial charge in [-0.3, -0.25) is 14.2 Å². The SMILES string of the molecule is CS(=O)(=O)Nc1cc(-c2c(Cl)n3n(c2=O)CCCC3)c(F)cc1F. The van der Waals surface area contributed by atoms with Crippen LogP contribution in [0.4, 0.5) is 14.5 Å². The maximum Gasteiger partial charge on any atom is 0.276 e. The van der Waals surface area contributed by atoms with Gasteiger partial charge in [-0.05, 0) is 18.9 Å². The molecule has 0 fully saturated rings. The first-order valence-electron chi connectivity index (χ1n) is 7.15. The molecule has 1 aliphatic rings. The van der Waals surface area contributed by atoms with Crippen LogP contribution < -0.4 is 10.3 Å². The Morgan fingerprint density at radius 1 is 1.12 bits per heavy atom. The Labute approximate surface area is 141 Å². The zero-order valence-electron chi connectivity index (χ0n) is 12.6. The third-order valence-corrected chi connectivity index (χ3v) is 4.76. The fourth-order valence-electron chi connectivity index (χ4n) is 2.77. The van der Waals surface area contributed by atoms with Crippen LogP contribution in [0.5, 0.6) is 0 Å². The van der Waals surface area contributed by atoms with Gasteiger partial charge in [0.05, 0.1) is 17.5 Å². The first-order valence-corrected chi connectivity index (χ1v) is 9.42. The van der Waals surface area contributed by atoms with Gasteiger partial charge in [0, 0.05) is 24.7 Å². The third kappa shape index (κ3) is 2.93. The summed E-state index contributed by atoms with van der Waals surface area (Å²) in [5.41, 5.74) is -1.28. The summed E-state index contributed by atoms with van der Waals surface area (Å²) in [5.74, 6) is -2.07. The lowest BCUT2D eigenvalue weighted by molar-refractivity contribution is 0.356. The average Bonchev–Trinajstić information content (AvgIpc) is 2.74. The molecule has 0 unspecified atom stereocenters. The van der Waals surface area contributed by atoms with Crippen LogP contribution in [0.25, 0.3) is 11.1 Å². The van der Waals surface area contributed by atoms with E-state index in [1.165, 1.54) is 4.68 Å². The van der Waals surface area contributed by atoms with Gasteiger partial charge in [-0.1, -0.05) is 11.6 Å². The Hall–Kier alpha value is -1.87. The number of sulfonamides is 1. The molecule has 6 nitrogen and oxygen atoms in total. The van der Waals surface area contributed by atoms with Crippen molar-refractivity contribution in [3.63, 3.8) is 0 Å². The summed E-state index contributed by atoms with van der Waals surface area (Å²) >= 11 is 6.22. The molecule has 1 aliphatic heterocycles. The van der Waals surface area contributed by atoms with E-state index in [2.05, 4.69) is 0 Å². The molecule has 0 radical (unpaired) electrons. The standard InChI is InChI=1S/C14H14ClF2N3O3S/c1-24(22,23)18-11-6-8(9(16)7-10(11)17)12-13(15)19-4-2-3-5-20(19)14(12)21/h6-7,18H,2-5H2,1H3. The lowest BCUT2D eigenvalue weighted by Crippen LogP contribution is -2.27. The van der Waals surface area contributed by atoms with Gasteiger partial charge in [-0.25, -0.2) is 21.9 Å². The van der Waals surface area contributed by atoms with E-state index in [1.54, 1.807) is 4.68 Å². The summed E-state index contributed by atoms with van der Waals surface area (Å²) in [7, 11) is -3.77. The fraction of sp³-hybridized carbons (Fsp3) is 0.357.